The van der Waals surface area contributed by atoms with Crippen LogP contribution in [0.3, 0.4) is 0 Å². The fraction of sp³-hybridized carbons (Fsp3) is 0.438. The number of thiophene rings is 1. The van der Waals surface area contributed by atoms with Crippen molar-refractivity contribution < 1.29 is 9.72 Å². The predicted octanol–water partition coefficient (Wildman–Crippen LogP) is 3.06. The molecule has 1 atom stereocenters. The number of carbonyl (C=O) groups excluding carboxylic acids is 1. The highest BCUT2D eigenvalue weighted by atomic mass is 35.5. The molecule has 4 heterocycles. The van der Waals surface area contributed by atoms with E-state index in [-0.39, 0.29) is 30.0 Å². The number of piperidine rings is 3. The van der Waals surface area contributed by atoms with Crippen LogP contribution in [0.5, 0.6) is 0 Å². The van der Waals surface area contributed by atoms with Gasteiger partial charge in [0, 0.05) is 24.0 Å². The summed E-state index contributed by atoms with van der Waals surface area (Å²) in [5.41, 5.74) is 0.0642. The maximum absolute atomic E-state index is 12.6. The van der Waals surface area contributed by atoms with Gasteiger partial charge in [-0.2, -0.15) is 0 Å². The van der Waals surface area contributed by atoms with E-state index >= 15 is 0 Å². The fourth-order valence-electron chi connectivity index (χ4n) is 3.67. The largest absolute Gasteiger partial charge is 0.347 e. The van der Waals surface area contributed by atoms with Crippen LogP contribution in [0.4, 0.5) is 5.69 Å². The van der Waals surface area contributed by atoms with Gasteiger partial charge in [-0.15, -0.1) is 23.7 Å². The fourth-order valence-corrected chi connectivity index (χ4v) is 4.72. The van der Waals surface area contributed by atoms with Gasteiger partial charge in [0.05, 0.1) is 9.80 Å². The van der Waals surface area contributed by atoms with Gasteiger partial charge in [-0.05, 0) is 37.9 Å². The molecular formula is C16H18ClN3O3S. The summed E-state index contributed by atoms with van der Waals surface area (Å²) in [5, 5.41) is 15.0. The molecule has 24 heavy (non-hydrogen) atoms. The van der Waals surface area contributed by atoms with Gasteiger partial charge in [0.15, 0.2) is 0 Å². The van der Waals surface area contributed by atoms with E-state index in [9.17, 15) is 14.9 Å². The Bertz CT molecular complexity index is 786. The maximum Gasteiger partial charge on any atom is 0.287 e. The summed E-state index contributed by atoms with van der Waals surface area (Å²) in [6.45, 7) is 3.18. The Labute approximate surface area is 149 Å². The molecule has 5 rings (SSSR count). The summed E-state index contributed by atoms with van der Waals surface area (Å²) >= 11 is 1.20. The molecule has 0 spiro atoms. The number of halogens is 1. The van der Waals surface area contributed by atoms with Gasteiger partial charge in [0.2, 0.25) is 0 Å². The molecule has 0 aliphatic carbocycles. The Kier molecular flexibility index (Phi) is 4.76. The number of carbonyl (C=O) groups is 1. The summed E-state index contributed by atoms with van der Waals surface area (Å²) in [5.74, 6) is 0.451. The first-order valence-electron chi connectivity index (χ1n) is 7.82. The average Bonchev–Trinajstić information content (AvgIpc) is 3.00. The van der Waals surface area contributed by atoms with Gasteiger partial charge in [-0.25, -0.2) is 0 Å². The summed E-state index contributed by atoms with van der Waals surface area (Å²) in [7, 11) is 0. The first kappa shape index (κ1) is 17.1. The number of non-ortho nitro benzene ring substituents is 1. The minimum atomic E-state index is -0.395. The first-order valence-corrected chi connectivity index (χ1v) is 8.63. The Morgan fingerprint density at radius 2 is 2.08 bits per heavy atom. The number of amides is 1. The van der Waals surface area contributed by atoms with Crippen LogP contribution in [-0.2, 0) is 0 Å². The third-order valence-electron chi connectivity index (χ3n) is 4.92. The Balaban J connectivity index is 0.00000169. The highest BCUT2D eigenvalue weighted by Crippen LogP contribution is 2.34. The molecule has 8 heteroatoms. The highest BCUT2D eigenvalue weighted by molar-refractivity contribution is 7.21. The summed E-state index contributed by atoms with van der Waals surface area (Å²) in [6, 6.07) is 6.90. The van der Waals surface area contributed by atoms with E-state index in [1.807, 2.05) is 6.07 Å². The lowest BCUT2D eigenvalue weighted by molar-refractivity contribution is -0.382. The lowest BCUT2D eigenvalue weighted by atomic mass is 9.84. The molecule has 3 aliphatic heterocycles. The normalized spacial score (nSPS) is 25.2. The number of benzene rings is 1. The van der Waals surface area contributed by atoms with Gasteiger partial charge < -0.3 is 10.2 Å². The number of rotatable bonds is 3. The third kappa shape index (κ3) is 2.99. The minimum absolute atomic E-state index is 0. The van der Waals surface area contributed by atoms with Crippen molar-refractivity contribution in [1.29, 1.82) is 0 Å². The molecule has 2 bridgehead atoms. The maximum atomic E-state index is 12.6. The number of nitro benzene ring substituents is 1. The Morgan fingerprint density at radius 3 is 2.71 bits per heavy atom. The van der Waals surface area contributed by atoms with Crippen LogP contribution < -0.4 is 5.32 Å². The van der Waals surface area contributed by atoms with Crippen molar-refractivity contribution in [3.8, 4) is 0 Å². The van der Waals surface area contributed by atoms with Crippen LogP contribution in [0, 0.1) is 16.0 Å². The van der Waals surface area contributed by atoms with Crippen molar-refractivity contribution in [2.45, 2.75) is 18.9 Å². The monoisotopic (exact) mass is 367 g/mol. The quantitative estimate of drug-likeness (QED) is 0.668. The second kappa shape index (κ2) is 6.66. The number of hydrogen-bond donors (Lipinski definition) is 1. The molecule has 128 valence electrons. The number of nitrogens with one attached hydrogen (secondary N) is 1. The van der Waals surface area contributed by atoms with E-state index in [1.54, 1.807) is 12.1 Å². The van der Waals surface area contributed by atoms with Crippen LogP contribution >= 0.6 is 23.7 Å². The van der Waals surface area contributed by atoms with Crippen molar-refractivity contribution >= 4 is 45.4 Å². The van der Waals surface area contributed by atoms with Crippen LogP contribution in [0.2, 0.25) is 0 Å². The SMILES string of the molecule is Cl.O=C(N[C@H]1CN2CCC1CC2)c1cc2cccc([N+](=O)[O-])c2s1. The van der Waals surface area contributed by atoms with Crippen LogP contribution in [-0.4, -0.2) is 41.4 Å². The molecule has 3 fully saturated rings. The van der Waals surface area contributed by atoms with E-state index in [0.29, 0.717) is 15.5 Å². The van der Waals surface area contributed by atoms with Crippen LogP contribution in [0.25, 0.3) is 10.1 Å². The van der Waals surface area contributed by atoms with E-state index in [2.05, 4.69) is 10.2 Å². The standard InChI is InChI=1S/C16H17N3O3S.ClH/c20-16(17-12-9-18-6-4-10(12)5-7-18)14-8-11-2-1-3-13(19(21)22)15(11)23-14;/h1-3,8,10,12H,4-7,9H2,(H,17,20);1H/t12-;/m0./s1. The van der Waals surface area contributed by atoms with Gasteiger partial charge in [-0.1, -0.05) is 12.1 Å². The zero-order valence-corrected chi connectivity index (χ0v) is 14.6. The molecule has 0 saturated carbocycles. The summed E-state index contributed by atoms with van der Waals surface area (Å²) in [4.78, 5) is 26.2. The molecule has 0 unspecified atom stereocenters. The molecule has 1 amide bonds. The average molecular weight is 368 g/mol. The van der Waals surface area contributed by atoms with Gasteiger partial charge in [0.1, 0.15) is 4.70 Å². The second-order valence-corrected chi connectivity index (χ2v) is 7.33. The highest BCUT2D eigenvalue weighted by Gasteiger charge is 2.35. The van der Waals surface area contributed by atoms with Crippen LogP contribution in [0.1, 0.15) is 22.5 Å². The lowest BCUT2D eigenvalue weighted by Crippen LogP contribution is -2.57. The molecule has 1 aromatic carbocycles. The first-order chi connectivity index (χ1) is 11.1. The molecule has 3 aliphatic rings. The molecule has 0 radical (unpaired) electrons. The topological polar surface area (TPSA) is 75.5 Å². The predicted molar refractivity (Wildman–Crippen MR) is 96.1 cm³/mol. The zero-order chi connectivity index (χ0) is 16.0. The number of hydrogen-bond acceptors (Lipinski definition) is 5. The molecule has 1 aromatic heterocycles. The smallest absolute Gasteiger partial charge is 0.287 e. The Morgan fingerprint density at radius 1 is 1.33 bits per heavy atom. The molecule has 6 nitrogen and oxygen atoms in total. The number of nitrogens with zero attached hydrogens (tertiary/aromatic N) is 2. The number of fused-ring (bicyclic) bond motifs is 4. The zero-order valence-electron chi connectivity index (χ0n) is 12.9. The molecular weight excluding hydrogens is 350 g/mol. The van der Waals surface area contributed by atoms with Crippen molar-refractivity contribution in [2.75, 3.05) is 19.6 Å². The number of nitro groups is 1. The van der Waals surface area contributed by atoms with E-state index in [4.69, 9.17) is 0 Å². The summed E-state index contributed by atoms with van der Waals surface area (Å²) < 4.78 is 0.566. The Hall–Kier alpha value is -1.70. The molecule has 3 saturated heterocycles. The van der Waals surface area contributed by atoms with Crippen molar-refractivity contribution in [2.24, 2.45) is 5.92 Å². The van der Waals surface area contributed by atoms with Gasteiger partial charge in [-0.3, -0.25) is 14.9 Å². The van der Waals surface area contributed by atoms with E-state index in [1.165, 1.54) is 17.4 Å². The minimum Gasteiger partial charge on any atom is -0.347 e. The summed E-state index contributed by atoms with van der Waals surface area (Å²) in [6.07, 6.45) is 2.28. The van der Waals surface area contributed by atoms with Gasteiger partial charge in [0.25, 0.3) is 11.6 Å². The van der Waals surface area contributed by atoms with Crippen molar-refractivity contribution in [1.82, 2.24) is 10.2 Å². The van der Waals surface area contributed by atoms with E-state index < -0.39 is 4.92 Å². The lowest BCUT2D eigenvalue weighted by Gasteiger charge is -2.44. The van der Waals surface area contributed by atoms with Crippen LogP contribution in [0.15, 0.2) is 24.3 Å². The van der Waals surface area contributed by atoms with Crippen molar-refractivity contribution in [3.05, 3.63) is 39.3 Å². The van der Waals surface area contributed by atoms with Gasteiger partial charge >= 0.3 is 0 Å². The van der Waals surface area contributed by atoms with E-state index in [0.717, 1.165) is 37.9 Å². The third-order valence-corrected chi connectivity index (χ3v) is 6.09. The second-order valence-electron chi connectivity index (χ2n) is 6.28. The van der Waals surface area contributed by atoms with Crippen molar-refractivity contribution in [3.63, 3.8) is 0 Å². The molecule has 1 N–H and O–H groups in total. The molecule has 2 aromatic rings.